The number of hydrogen-bond acceptors (Lipinski definition) is 7. The molecule has 3 aromatic heterocycles. The summed E-state index contributed by atoms with van der Waals surface area (Å²) in [6, 6.07) is 11.6. The molecule has 29 heavy (non-hydrogen) atoms. The van der Waals surface area contributed by atoms with E-state index in [1.54, 1.807) is 40.6 Å². The van der Waals surface area contributed by atoms with E-state index in [0.717, 1.165) is 15.5 Å². The van der Waals surface area contributed by atoms with Gasteiger partial charge < -0.3 is 14.3 Å². The lowest BCUT2D eigenvalue weighted by atomic mass is 10.1. The first kappa shape index (κ1) is 17.7. The highest BCUT2D eigenvalue weighted by atomic mass is 32.1. The van der Waals surface area contributed by atoms with Crippen LogP contribution in [0.2, 0.25) is 0 Å². The highest BCUT2D eigenvalue weighted by Crippen LogP contribution is 2.28. The molecule has 0 radical (unpaired) electrons. The zero-order chi connectivity index (χ0) is 19.8. The molecule has 0 unspecified atom stereocenters. The Morgan fingerprint density at radius 3 is 2.72 bits per heavy atom. The van der Waals surface area contributed by atoms with Crippen LogP contribution in [-0.4, -0.2) is 52.1 Å². The summed E-state index contributed by atoms with van der Waals surface area (Å²) in [5.41, 5.74) is 1.35. The number of amides is 1. The summed E-state index contributed by atoms with van der Waals surface area (Å²) in [7, 11) is 0. The van der Waals surface area contributed by atoms with Crippen LogP contribution in [-0.2, 0) is 0 Å². The van der Waals surface area contributed by atoms with Crippen molar-refractivity contribution in [2.45, 2.75) is 0 Å². The molecule has 4 aromatic rings. The van der Waals surface area contributed by atoms with E-state index in [4.69, 9.17) is 4.52 Å². The molecule has 1 saturated heterocycles. The van der Waals surface area contributed by atoms with Crippen molar-refractivity contribution in [2.75, 3.05) is 31.1 Å². The highest BCUT2D eigenvalue weighted by molar-refractivity contribution is 7.21. The van der Waals surface area contributed by atoms with Gasteiger partial charge in [0, 0.05) is 38.4 Å². The predicted molar refractivity (Wildman–Crippen MR) is 107 cm³/mol. The lowest BCUT2D eigenvalue weighted by Crippen LogP contribution is -2.48. The number of fused-ring (bicyclic) bond motifs is 1. The van der Waals surface area contributed by atoms with Crippen molar-refractivity contribution in [3.63, 3.8) is 0 Å². The number of carbonyl (C=O) groups excluding carboxylic acids is 1. The fourth-order valence-corrected chi connectivity index (χ4v) is 4.28. The van der Waals surface area contributed by atoms with Crippen molar-refractivity contribution in [3.8, 4) is 11.3 Å². The third-order valence-corrected chi connectivity index (χ3v) is 5.90. The van der Waals surface area contributed by atoms with Gasteiger partial charge in [-0.3, -0.25) is 4.79 Å². The smallest absolute Gasteiger partial charge is 0.276 e. The second kappa shape index (κ2) is 7.25. The lowest BCUT2D eigenvalue weighted by molar-refractivity contribution is 0.0736. The van der Waals surface area contributed by atoms with Gasteiger partial charge in [0.15, 0.2) is 16.6 Å². The Bertz CT molecular complexity index is 1150. The Kier molecular flexibility index (Phi) is 4.44. The van der Waals surface area contributed by atoms with Gasteiger partial charge in [-0.05, 0) is 24.3 Å². The largest absolute Gasteiger partial charge is 0.355 e. The Labute approximate surface area is 169 Å². The summed E-state index contributed by atoms with van der Waals surface area (Å²) in [6.07, 6.45) is 1.76. The Hall–Kier alpha value is -3.33. The molecule has 0 aliphatic carbocycles. The van der Waals surface area contributed by atoms with Crippen molar-refractivity contribution >= 4 is 32.7 Å². The van der Waals surface area contributed by atoms with Crippen molar-refractivity contribution < 1.29 is 13.7 Å². The maximum absolute atomic E-state index is 13.9. The third-order valence-electron chi connectivity index (χ3n) is 4.86. The van der Waals surface area contributed by atoms with Gasteiger partial charge in [-0.1, -0.05) is 28.6 Å². The average molecular weight is 409 g/mol. The number of hydrogen-bond donors (Lipinski definition) is 0. The van der Waals surface area contributed by atoms with Crippen molar-refractivity contribution in [1.82, 2.24) is 20.0 Å². The van der Waals surface area contributed by atoms with E-state index in [1.165, 1.54) is 12.1 Å². The molecule has 146 valence electrons. The van der Waals surface area contributed by atoms with Gasteiger partial charge in [0.2, 0.25) is 0 Å². The molecule has 1 aromatic carbocycles. The van der Waals surface area contributed by atoms with Gasteiger partial charge in [-0.25, -0.2) is 14.4 Å². The first-order valence-corrected chi connectivity index (χ1v) is 9.98. The SMILES string of the molecule is O=C(c1cc(-c2ccccc2F)on1)N1CCN(c2nc3cccnc3s2)CC1. The molecule has 0 N–H and O–H groups in total. The number of piperazine rings is 1. The van der Waals surface area contributed by atoms with Crippen LogP contribution in [0.1, 0.15) is 10.5 Å². The number of rotatable bonds is 3. The number of aromatic nitrogens is 3. The maximum Gasteiger partial charge on any atom is 0.276 e. The zero-order valence-corrected chi connectivity index (χ0v) is 16.1. The summed E-state index contributed by atoms with van der Waals surface area (Å²) in [5.74, 6) is -0.393. The van der Waals surface area contributed by atoms with E-state index in [9.17, 15) is 9.18 Å². The summed E-state index contributed by atoms with van der Waals surface area (Å²) < 4.78 is 19.1. The van der Waals surface area contributed by atoms with E-state index in [-0.39, 0.29) is 22.9 Å². The molecule has 7 nitrogen and oxygen atoms in total. The quantitative estimate of drug-likeness (QED) is 0.516. The van der Waals surface area contributed by atoms with Gasteiger partial charge in [0.05, 0.1) is 5.56 Å². The van der Waals surface area contributed by atoms with Gasteiger partial charge in [-0.15, -0.1) is 0 Å². The third kappa shape index (κ3) is 3.33. The normalized spacial score (nSPS) is 14.5. The fourth-order valence-electron chi connectivity index (χ4n) is 3.32. The molecule has 0 atom stereocenters. The van der Waals surface area contributed by atoms with Gasteiger partial charge in [0.1, 0.15) is 16.2 Å². The van der Waals surface area contributed by atoms with E-state index in [1.807, 2.05) is 12.1 Å². The van der Waals surface area contributed by atoms with E-state index in [2.05, 4.69) is 20.0 Å². The molecule has 0 spiro atoms. The predicted octanol–water partition coefficient (Wildman–Crippen LogP) is 3.45. The maximum atomic E-state index is 13.9. The summed E-state index contributed by atoms with van der Waals surface area (Å²) in [4.78, 5) is 26.5. The number of benzene rings is 1. The number of nitrogens with zero attached hydrogens (tertiary/aromatic N) is 5. The monoisotopic (exact) mass is 409 g/mol. The van der Waals surface area contributed by atoms with Gasteiger partial charge in [0.25, 0.3) is 5.91 Å². The first-order chi connectivity index (χ1) is 14.2. The molecule has 1 fully saturated rings. The molecular formula is C20H16FN5O2S. The van der Waals surface area contributed by atoms with Crippen molar-refractivity contribution in [3.05, 3.63) is 60.2 Å². The summed E-state index contributed by atoms with van der Waals surface area (Å²) >= 11 is 1.55. The van der Waals surface area contributed by atoms with E-state index in [0.29, 0.717) is 26.2 Å². The molecule has 1 aliphatic rings. The molecule has 1 aliphatic heterocycles. The molecule has 9 heteroatoms. The summed E-state index contributed by atoms with van der Waals surface area (Å²) in [6.45, 7) is 2.43. The second-order valence-corrected chi connectivity index (χ2v) is 7.62. The Morgan fingerprint density at radius 2 is 1.93 bits per heavy atom. The Balaban J connectivity index is 1.27. The zero-order valence-electron chi connectivity index (χ0n) is 15.3. The van der Waals surface area contributed by atoms with Crippen LogP contribution in [0.25, 0.3) is 21.7 Å². The van der Waals surface area contributed by atoms with Crippen molar-refractivity contribution in [1.29, 1.82) is 0 Å². The number of anilines is 1. The topological polar surface area (TPSA) is 75.4 Å². The van der Waals surface area contributed by atoms with E-state index >= 15 is 0 Å². The number of carbonyl (C=O) groups is 1. The van der Waals surface area contributed by atoms with Crippen molar-refractivity contribution in [2.24, 2.45) is 0 Å². The summed E-state index contributed by atoms with van der Waals surface area (Å²) in [5, 5.41) is 4.76. The van der Waals surface area contributed by atoms with Crippen LogP contribution in [0.3, 0.4) is 0 Å². The number of halogens is 1. The molecule has 1 amide bonds. The minimum atomic E-state index is -0.415. The average Bonchev–Trinajstić information content (AvgIpc) is 3.41. The van der Waals surface area contributed by atoms with Crippen LogP contribution in [0.15, 0.2) is 53.2 Å². The molecular weight excluding hydrogens is 393 g/mol. The van der Waals surface area contributed by atoms with Gasteiger partial charge >= 0.3 is 0 Å². The number of pyridine rings is 1. The number of thiazole rings is 1. The highest BCUT2D eigenvalue weighted by Gasteiger charge is 2.26. The Morgan fingerprint density at radius 1 is 1.10 bits per heavy atom. The van der Waals surface area contributed by atoms with Crippen LogP contribution in [0, 0.1) is 5.82 Å². The van der Waals surface area contributed by atoms with Crippen LogP contribution >= 0.6 is 11.3 Å². The standard InChI is InChI=1S/C20H16FN5O2S/c21-14-5-2-1-4-13(14)17-12-16(24-28-17)19(27)25-8-10-26(11-9-25)20-23-15-6-3-7-22-18(15)29-20/h1-7,12H,8-11H2. The van der Waals surface area contributed by atoms with E-state index < -0.39 is 5.82 Å². The van der Waals surface area contributed by atoms with Gasteiger partial charge in [-0.2, -0.15) is 0 Å². The first-order valence-electron chi connectivity index (χ1n) is 9.16. The van der Waals surface area contributed by atoms with Crippen LogP contribution in [0.4, 0.5) is 9.52 Å². The minimum Gasteiger partial charge on any atom is -0.355 e. The fraction of sp³-hybridized carbons (Fsp3) is 0.200. The minimum absolute atomic E-state index is 0.181. The molecule has 4 heterocycles. The lowest BCUT2D eigenvalue weighted by Gasteiger charge is -2.34. The molecule has 0 bridgehead atoms. The second-order valence-electron chi connectivity index (χ2n) is 6.66. The molecule has 5 rings (SSSR count). The van der Waals surface area contributed by atoms with Crippen LogP contribution < -0.4 is 4.90 Å². The molecule has 0 saturated carbocycles. The van der Waals surface area contributed by atoms with Crippen LogP contribution in [0.5, 0.6) is 0 Å².